The van der Waals surface area contributed by atoms with E-state index in [2.05, 4.69) is 16.0 Å². The number of aryl methyl sites for hydroxylation is 1. The molecule has 0 saturated heterocycles. The number of nitrogens with zero attached hydrogens (tertiary/aromatic N) is 3. The van der Waals surface area contributed by atoms with Crippen molar-refractivity contribution in [1.29, 1.82) is 0 Å². The molecule has 5 rings (SSSR count). The average molecular weight is 428 g/mol. The lowest BCUT2D eigenvalue weighted by Crippen LogP contribution is -2.42. The molecule has 0 fully saturated rings. The number of carbonyl (C=O) groups is 2. The molecule has 2 N–H and O–H groups in total. The van der Waals surface area contributed by atoms with E-state index in [0.29, 0.717) is 11.3 Å². The lowest BCUT2D eigenvalue weighted by Gasteiger charge is -2.07. The molecule has 162 valence electrons. The zero-order chi connectivity index (χ0) is 22.1. The van der Waals surface area contributed by atoms with Gasteiger partial charge in [0, 0.05) is 35.4 Å². The average Bonchev–Trinajstić information content (AvgIpc) is 3.25. The third kappa shape index (κ3) is 3.56. The fourth-order valence-electron chi connectivity index (χ4n) is 4.50. The first kappa shape index (κ1) is 20.1. The van der Waals surface area contributed by atoms with Gasteiger partial charge in [-0.15, -0.1) is 0 Å². The molecule has 4 aromatic rings. The summed E-state index contributed by atoms with van der Waals surface area (Å²) >= 11 is 0. The number of aromatic nitrogens is 3. The quantitative estimate of drug-likeness (QED) is 0.386. The molecule has 7 nitrogen and oxygen atoms in total. The molecule has 1 aliphatic carbocycles. The van der Waals surface area contributed by atoms with Crippen molar-refractivity contribution in [3.8, 4) is 5.69 Å². The number of para-hydroxylation sites is 2. The van der Waals surface area contributed by atoms with Gasteiger partial charge in [0.25, 0.3) is 11.8 Å². The minimum Gasteiger partial charge on any atom is -0.350 e. The Bertz CT molecular complexity index is 1300. The largest absolute Gasteiger partial charge is 0.350 e. The Morgan fingerprint density at radius 3 is 2.44 bits per heavy atom. The number of nitrogens with one attached hydrogen (secondary N) is 2. The standard InChI is InChI=1S/C25H25N5O2/c1-29-16-20(18-12-8-9-14-21(18)29)24(31)26-27-25(32)23-19-13-6-3-7-15-22(19)30(28-23)17-10-4-2-5-11-17/h2,4-5,8-12,14,16H,3,6-7,13,15H2,1H3,(H,26,31)(H,27,32). The Hall–Kier alpha value is -3.87. The Morgan fingerprint density at radius 1 is 0.875 bits per heavy atom. The van der Waals surface area contributed by atoms with Gasteiger partial charge in [0.2, 0.25) is 0 Å². The summed E-state index contributed by atoms with van der Waals surface area (Å²) in [6.07, 6.45) is 6.68. The molecule has 0 aliphatic heterocycles. The van der Waals surface area contributed by atoms with Gasteiger partial charge in [0.15, 0.2) is 5.69 Å². The Kier molecular flexibility index (Phi) is 5.23. The molecule has 0 saturated carbocycles. The maximum absolute atomic E-state index is 13.1. The van der Waals surface area contributed by atoms with Gasteiger partial charge in [-0.1, -0.05) is 42.8 Å². The van der Waals surface area contributed by atoms with Gasteiger partial charge in [-0.3, -0.25) is 20.4 Å². The van der Waals surface area contributed by atoms with Crippen LogP contribution >= 0.6 is 0 Å². The minimum absolute atomic E-state index is 0.358. The highest BCUT2D eigenvalue weighted by molar-refractivity contribution is 6.08. The van der Waals surface area contributed by atoms with E-state index >= 15 is 0 Å². The second-order valence-electron chi connectivity index (χ2n) is 8.16. The molecule has 1 aliphatic rings. The number of benzene rings is 2. The zero-order valence-corrected chi connectivity index (χ0v) is 18.0. The number of rotatable bonds is 3. The fraction of sp³-hybridized carbons (Fsp3) is 0.240. The third-order valence-corrected chi connectivity index (χ3v) is 6.08. The van der Waals surface area contributed by atoms with Crippen LogP contribution in [0.3, 0.4) is 0 Å². The molecular weight excluding hydrogens is 402 g/mol. The summed E-state index contributed by atoms with van der Waals surface area (Å²) in [5.41, 5.74) is 9.99. The number of amides is 2. The zero-order valence-electron chi connectivity index (χ0n) is 18.0. The van der Waals surface area contributed by atoms with Crippen molar-refractivity contribution in [1.82, 2.24) is 25.2 Å². The number of fused-ring (bicyclic) bond motifs is 2. The predicted molar refractivity (Wildman–Crippen MR) is 123 cm³/mol. The summed E-state index contributed by atoms with van der Waals surface area (Å²) < 4.78 is 3.77. The number of hydrogen-bond acceptors (Lipinski definition) is 3. The van der Waals surface area contributed by atoms with Crippen molar-refractivity contribution in [3.05, 3.63) is 83.3 Å². The molecule has 32 heavy (non-hydrogen) atoms. The van der Waals surface area contributed by atoms with E-state index in [-0.39, 0.29) is 5.91 Å². The van der Waals surface area contributed by atoms with E-state index in [4.69, 9.17) is 0 Å². The van der Waals surface area contributed by atoms with Crippen LogP contribution in [-0.4, -0.2) is 26.2 Å². The second-order valence-corrected chi connectivity index (χ2v) is 8.16. The lowest BCUT2D eigenvalue weighted by atomic mass is 10.1. The number of carbonyl (C=O) groups excluding carboxylic acids is 2. The van der Waals surface area contributed by atoms with Crippen molar-refractivity contribution in [3.63, 3.8) is 0 Å². The highest BCUT2D eigenvalue weighted by atomic mass is 16.2. The monoisotopic (exact) mass is 427 g/mol. The highest BCUT2D eigenvalue weighted by Crippen LogP contribution is 2.26. The van der Waals surface area contributed by atoms with E-state index < -0.39 is 5.91 Å². The predicted octanol–water partition coefficient (Wildman–Crippen LogP) is 3.71. The maximum Gasteiger partial charge on any atom is 0.290 e. The molecule has 0 unspecified atom stereocenters. The van der Waals surface area contributed by atoms with E-state index in [0.717, 1.165) is 60.0 Å². The van der Waals surface area contributed by atoms with Crippen LogP contribution in [0.1, 0.15) is 51.4 Å². The topological polar surface area (TPSA) is 81.0 Å². The van der Waals surface area contributed by atoms with Crippen LogP contribution in [0.15, 0.2) is 60.8 Å². The summed E-state index contributed by atoms with van der Waals surface area (Å²) in [6.45, 7) is 0. The molecule has 0 spiro atoms. The molecule has 7 heteroatoms. The van der Waals surface area contributed by atoms with Crippen molar-refractivity contribution >= 4 is 22.7 Å². The van der Waals surface area contributed by atoms with E-state index in [1.54, 1.807) is 6.20 Å². The SMILES string of the molecule is Cn1cc(C(=O)NNC(=O)c2nn(-c3ccccc3)c3c2CCCCC3)c2ccccc21. The fourth-order valence-corrected chi connectivity index (χ4v) is 4.50. The summed E-state index contributed by atoms with van der Waals surface area (Å²) in [6, 6.07) is 17.5. The Labute approximate surface area is 186 Å². The first-order valence-electron chi connectivity index (χ1n) is 10.9. The van der Waals surface area contributed by atoms with Crippen molar-refractivity contribution in [2.24, 2.45) is 7.05 Å². The van der Waals surface area contributed by atoms with Crippen LogP contribution in [0.4, 0.5) is 0 Å². The minimum atomic E-state index is -0.397. The molecular formula is C25H25N5O2. The molecule has 0 atom stereocenters. The van der Waals surface area contributed by atoms with Gasteiger partial charge in [-0.25, -0.2) is 4.68 Å². The van der Waals surface area contributed by atoms with Gasteiger partial charge in [0.1, 0.15) is 0 Å². The second kappa shape index (κ2) is 8.34. The van der Waals surface area contributed by atoms with Crippen LogP contribution in [0.25, 0.3) is 16.6 Å². The van der Waals surface area contributed by atoms with E-state index in [9.17, 15) is 9.59 Å². The first-order valence-corrected chi connectivity index (χ1v) is 10.9. The van der Waals surface area contributed by atoms with Crippen LogP contribution in [0.5, 0.6) is 0 Å². The van der Waals surface area contributed by atoms with Gasteiger partial charge < -0.3 is 4.57 Å². The summed E-state index contributed by atoms with van der Waals surface area (Å²) in [7, 11) is 1.89. The van der Waals surface area contributed by atoms with Gasteiger partial charge in [-0.05, 0) is 43.9 Å². The highest BCUT2D eigenvalue weighted by Gasteiger charge is 2.25. The first-order chi connectivity index (χ1) is 15.6. The maximum atomic E-state index is 13.1. The van der Waals surface area contributed by atoms with Crippen LogP contribution in [0, 0.1) is 0 Å². The lowest BCUT2D eigenvalue weighted by molar-refractivity contribution is 0.0844. The molecule has 0 radical (unpaired) electrons. The van der Waals surface area contributed by atoms with Crippen LogP contribution < -0.4 is 10.9 Å². The molecule has 2 heterocycles. The molecule has 2 aromatic heterocycles. The summed E-state index contributed by atoms with van der Waals surface area (Å²) in [5.74, 6) is -0.754. The van der Waals surface area contributed by atoms with E-state index in [1.165, 1.54) is 0 Å². The molecule has 2 amide bonds. The van der Waals surface area contributed by atoms with E-state index in [1.807, 2.05) is 70.9 Å². The summed E-state index contributed by atoms with van der Waals surface area (Å²) in [5, 5.41) is 5.49. The van der Waals surface area contributed by atoms with Crippen molar-refractivity contribution < 1.29 is 9.59 Å². The van der Waals surface area contributed by atoms with Crippen molar-refractivity contribution in [2.45, 2.75) is 32.1 Å². The van der Waals surface area contributed by atoms with Gasteiger partial charge in [0.05, 0.1) is 11.3 Å². The Morgan fingerprint density at radius 2 is 1.59 bits per heavy atom. The van der Waals surface area contributed by atoms with Crippen LogP contribution in [0.2, 0.25) is 0 Å². The normalized spacial score (nSPS) is 13.4. The number of hydrogen-bond donors (Lipinski definition) is 2. The Balaban J connectivity index is 1.41. The van der Waals surface area contributed by atoms with Crippen molar-refractivity contribution in [2.75, 3.05) is 0 Å². The summed E-state index contributed by atoms with van der Waals surface area (Å²) in [4.78, 5) is 25.9. The van der Waals surface area contributed by atoms with Crippen LogP contribution in [-0.2, 0) is 19.9 Å². The molecule has 0 bridgehead atoms. The molecule has 2 aromatic carbocycles. The number of hydrazine groups is 1. The van der Waals surface area contributed by atoms with Gasteiger partial charge in [-0.2, -0.15) is 5.10 Å². The van der Waals surface area contributed by atoms with Gasteiger partial charge >= 0.3 is 0 Å². The smallest absolute Gasteiger partial charge is 0.290 e. The third-order valence-electron chi connectivity index (χ3n) is 6.08.